The molecule has 0 heterocycles. The zero-order valence-electron chi connectivity index (χ0n) is 12.8. The predicted octanol–water partition coefficient (Wildman–Crippen LogP) is 4.67. The molecular formula is C17H20Cl2N2O. The topological polar surface area (TPSA) is 32.3 Å². The number of amides is 1. The first-order valence-electron chi connectivity index (χ1n) is 6.80. The van der Waals surface area contributed by atoms with Gasteiger partial charge in [0.05, 0.1) is 0 Å². The van der Waals surface area contributed by atoms with Gasteiger partial charge in [0.25, 0.3) is 5.91 Å². The number of rotatable bonds is 3. The molecule has 2 aromatic rings. The Morgan fingerprint density at radius 1 is 0.955 bits per heavy atom. The minimum Gasteiger partial charge on any atom is -0.270 e. The number of hydrogen-bond acceptors (Lipinski definition) is 2. The quantitative estimate of drug-likeness (QED) is 0.651. The average Bonchev–Trinajstić information content (AvgIpc) is 2.47. The van der Waals surface area contributed by atoms with E-state index in [1.54, 1.807) is 12.1 Å². The molecule has 0 saturated heterocycles. The average molecular weight is 339 g/mol. The third-order valence-corrected chi connectivity index (χ3v) is 3.63. The van der Waals surface area contributed by atoms with Crippen LogP contribution in [0.25, 0.3) is 11.1 Å². The van der Waals surface area contributed by atoms with E-state index in [2.05, 4.69) is 5.43 Å². The first-order chi connectivity index (χ1) is 9.88. The van der Waals surface area contributed by atoms with Crippen molar-refractivity contribution in [3.05, 3.63) is 60.2 Å². The van der Waals surface area contributed by atoms with E-state index in [-0.39, 0.29) is 23.9 Å². The van der Waals surface area contributed by atoms with E-state index in [9.17, 15) is 4.79 Å². The van der Waals surface area contributed by atoms with Gasteiger partial charge >= 0.3 is 0 Å². The molecule has 3 nitrogen and oxygen atoms in total. The minimum absolute atomic E-state index is 0. The van der Waals surface area contributed by atoms with Crippen LogP contribution in [0.5, 0.6) is 0 Å². The van der Waals surface area contributed by atoms with Crippen LogP contribution in [-0.4, -0.2) is 16.0 Å². The zero-order chi connectivity index (χ0) is 15.5. The molecule has 118 valence electrons. The molecule has 22 heavy (non-hydrogen) atoms. The van der Waals surface area contributed by atoms with Crippen molar-refractivity contribution in [1.82, 2.24) is 9.95 Å². The van der Waals surface area contributed by atoms with Gasteiger partial charge < -0.3 is 0 Å². The highest BCUT2D eigenvalue weighted by molar-refractivity contribution is 6.14. The lowest BCUT2D eigenvalue weighted by Crippen LogP contribution is -2.46. The van der Waals surface area contributed by atoms with Gasteiger partial charge in [-0.25, -0.2) is 0 Å². The predicted molar refractivity (Wildman–Crippen MR) is 94.0 cm³/mol. The van der Waals surface area contributed by atoms with E-state index in [0.717, 1.165) is 11.1 Å². The normalized spacial score (nSPS) is 11.0. The second-order valence-electron chi connectivity index (χ2n) is 5.84. The summed E-state index contributed by atoms with van der Waals surface area (Å²) in [6, 6.07) is 17.5. The number of nitrogens with one attached hydrogen (secondary N) is 1. The van der Waals surface area contributed by atoms with Crippen LogP contribution in [0.15, 0.2) is 54.6 Å². The summed E-state index contributed by atoms with van der Waals surface area (Å²) in [6.45, 7) is 5.75. The molecule has 0 saturated carbocycles. The summed E-state index contributed by atoms with van der Waals surface area (Å²) >= 11 is 6.03. The summed E-state index contributed by atoms with van der Waals surface area (Å²) in [5.74, 6) is -0.223. The Morgan fingerprint density at radius 3 is 1.95 bits per heavy atom. The number of benzene rings is 2. The maximum atomic E-state index is 12.1. The maximum Gasteiger partial charge on any atom is 0.266 e. The first-order valence-corrected chi connectivity index (χ1v) is 7.14. The minimum atomic E-state index is -0.346. The van der Waals surface area contributed by atoms with E-state index < -0.39 is 0 Å². The summed E-state index contributed by atoms with van der Waals surface area (Å²) in [5, 5.41) is 0. The molecule has 5 heteroatoms. The van der Waals surface area contributed by atoms with Gasteiger partial charge in [0.15, 0.2) is 0 Å². The van der Waals surface area contributed by atoms with Crippen LogP contribution < -0.4 is 5.43 Å². The van der Waals surface area contributed by atoms with E-state index >= 15 is 0 Å². The molecule has 1 amide bonds. The third-order valence-electron chi connectivity index (χ3n) is 3.04. The SMILES string of the molecule is CC(C)(C)N(Cl)NC(=O)c1ccc(-c2ccccc2)cc1.Cl. The fourth-order valence-electron chi connectivity index (χ4n) is 1.77. The molecule has 2 rings (SSSR count). The Morgan fingerprint density at radius 2 is 1.45 bits per heavy atom. The van der Waals surface area contributed by atoms with Crippen LogP contribution in [0, 0.1) is 0 Å². The molecule has 0 radical (unpaired) electrons. The molecule has 0 spiro atoms. The Kier molecular flexibility index (Phi) is 6.42. The van der Waals surface area contributed by atoms with Crippen LogP contribution in [0.3, 0.4) is 0 Å². The number of carbonyl (C=O) groups excluding carboxylic acids is 1. The van der Waals surface area contributed by atoms with Gasteiger partial charge in [-0.05, 0) is 44.0 Å². The van der Waals surface area contributed by atoms with Crippen molar-refractivity contribution in [2.75, 3.05) is 0 Å². The van der Waals surface area contributed by atoms with Crippen molar-refractivity contribution in [3.8, 4) is 11.1 Å². The molecule has 2 aromatic carbocycles. The molecule has 0 aromatic heterocycles. The highest BCUT2D eigenvalue weighted by atomic mass is 35.5. The van der Waals surface area contributed by atoms with Gasteiger partial charge in [0.2, 0.25) is 0 Å². The van der Waals surface area contributed by atoms with Crippen LogP contribution in [-0.2, 0) is 0 Å². The zero-order valence-corrected chi connectivity index (χ0v) is 14.4. The van der Waals surface area contributed by atoms with Gasteiger partial charge in [0, 0.05) is 22.9 Å². The fraction of sp³-hybridized carbons (Fsp3) is 0.235. The fourth-order valence-corrected chi connectivity index (χ4v) is 1.84. The number of nitrogens with zero attached hydrogens (tertiary/aromatic N) is 1. The highest BCUT2D eigenvalue weighted by Crippen LogP contribution is 2.19. The van der Waals surface area contributed by atoms with Gasteiger partial charge in [-0.15, -0.1) is 16.9 Å². The summed E-state index contributed by atoms with van der Waals surface area (Å²) in [4.78, 5) is 12.1. The van der Waals surface area contributed by atoms with Crippen LogP contribution in [0.4, 0.5) is 0 Å². The Labute approximate surface area is 142 Å². The maximum absolute atomic E-state index is 12.1. The van der Waals surface area contributed by atoms with Gasteiger partial charge in [0.1, 0.15) is 0 Å². The van der Waals surface area contributed by atoms with Crippen LogP contribution in [0.1, 0.15) is 31.1 Å². The lowest BCUT2D eigenvalue weighted by atomic mass is 10.0. The van der Waals surface area contributed by atoms with Gasteiger partial charge in [-0.2, -0.15) is 0 Å². The standard InChI is InChI=1S/C17H19ClN2O.ClH/c1-17(2,3)20(18)19-16(21)15-11-9-14(10-12-15)13-7-5-4-6-8-13;/h4-12H,1-3H3,(H,19,21);1H. The molecule has 0 unspecified atom stereocenters. The molecule has 0 bridgehead atoms. The smallest absolute Gasteiger partial charge is 0.266 e. The van der Waals surface area contributed by atoms with Crippen LogP contribution in [0.2, 0.25) is 0 Å². The van der Waals surface area contributed by atoms with E-state index in [0.29, 0.717) is 5.56 Å². The van der Waals surface area contributed by atoms with E-state index in [4.69, 9.17) is 11.8 Å². The number of hydrogen-bond donors (Lipinski definition) is 1. The summed E-state index contributed by atoms with van der Waals surface area (Å²) in [6.07, 6.45) is 0. The van der Waals surface area contributed by atoms with Crippen molar-refractivity contribution >= 4 is 30.1 Å². The van der Waals surface area contributed by atoms with E-state index in [1.807, 2.05) is 63.2 Å². The second kappa shape index (κ2) is 7.63. The van der Waals surface area contributed by atoms with Crippen molar-refractivity contribution < 1.29 is 4.79 Å². The second-order valence-corrected chi connectivity index (χ2v) is 6.17. The van der Waals surface area contributed by atoms with Crippen molar-refractivity contribution in [2.24, 2.45) is 0 Å². The molecule has 0 aliphatic heterocycles. The Bertz CT molecular complexity index is 607. The molecule has 0 fully saturated rings. The summed E-state index contributed by atoms with van der Waals surface area (Å²) < 4.78 is 1.29. The first kappa shape index (κ1) is 18.5. The Hall–Kier alpha value is -1.55. The molecular weight excluding hydrogens is 319 g/mol. The van der Waals surface area contributed by atoms with Gasteiger partial charge in [-0.3, -0.25) is 10.2 Å². The summed E-state index contributed by atoms with van der Waals surface area (Å²) in [7, 11) is 0. The lowest BCUT2D eigenvalue weighted by Gasteiger charge is -2.28. The molecule has 1 N–H and O–H groups in total. The number of carbonyl (C=O) groups is 1. The lowest BCUT2D eigenvalue weighted by molar-refractivity contribution is 0.0806. The molecule has 0 aliphatic carbocycles. The molecule has 0 aliphatic rings. The van der Waals surface area contributed by atoms with Crippen molar-refractivity contribution in [3.63, 3.8) is 0 Å². The Balaban J connectivity index is 0.00000242. The monoisotopic (exact) mass is 338 g/mol. The summed E-state index contributed by atoms with van der Waals surface area (Å²) in [5.41, 5.74) is 5.08. The largest absolute Gasteiger partial charge is 0.270 e. The number of halogens is 2. The van der Waals surface area contributed by atoms with Crippen molar-refractivity contribution in [2.45, 2.75) is 26.3 Å². The van der Waals surface area contributed by atoms with E-state index in [1.165, 1.54) is 4.53 Å². The van der Waals surface area contributed by atoms with Crippen molar-refractivity contribution in [1.29, 1.82) is 0 Å². The van der Waals surface area contributed by atoms with Crippen LogP contribution >= 0.6 is 24.2 Å². The van der Waals surface area contributed by atoms with Gasteiger partial charge in [-0.1, -0.05) is 42.5 Å². The molecule has 0 atom stereocenters. The number of hydrazine groups is 1. The third kappa shape index (κ3) is 4.73. The highest BCUT2D eigenvalue weighted by Gasteiger charge is 2.21.